The van der Waals surface area contributed by atoms with Crippen molar-refractivity contribution in [1.82, 2.24) is 29.7 Å². The number of nitrogens with one attached hydrogen (secondary N) is 2. The van der Waals surface area contributed by atoms with Crippen LogP contribution in [0.5, 0.6) is 0 Å². The highest BCUT2D eigenvalue weighted by Gasteiger charge is 2.44. The van der Waals surface area contributed by atoms with Crippen LogP contribution < -0.4 is 5.32 Å². The van der Waals surface area contributed by atoms with Crippen molar-refractivity contribution in [1.29, 1.82) is 0 Å². The number of anilines is 1. The molecule has 0 bridgehead atoms. The van der Waals surface area contributed by atoms with Gasteiger partial charge in [0.1, 0.15) is 29.6 Å². The van der Waals surface area contributed by atoms with Crippen molar-refractivity contribution in [2.45, 2.75) is 62.7 Å². The second kappa shape index (κ2) is 8.67. The SMILES string of the molecule is O=C(O)c1cn[nH]c1-c1nc(NC2CCCCC2)c2ncn(C3O[C@H](CO)[C@@H](O)[C@H]3O)c2n1. The Labute approximate surface area is 187 Å². The highest BCUT2D eigenvalue weighted by Crippen LogP contribution is 2.34. The number of ether oxygens (including phenoxy) is 1. The number of carboxylic acid groups (broad SMARTS) is 1. The maximum absolute atomic E-state index is 11.6. The number of nitrogens with zero attached hydrogens (tertiary/aromatic N) is 5. The Kier molecular flexibility index (Phi) is 5.70. The van der Waals surface area contributed by atoms with Crippen molar-refractivity contribution in [3.63, 3.8) is 0 Å². The van der Waals surface area contributed by atoms with E-state index in [1.54, 1.807) is 0 Å². The first-order chi connectivity index (χ1) is 16.0. The molecule has 33 heavy (non-hydrogen) atoms. The average molecular weight is 459 g/mol. The lowest BCUT2D eigenvalue weighted by atomic mass is 9.95. The molecule has 1 aliphatic carbocycles. The standard InChI is InChI=1S/C20H25N7O6/c28-7-11-14(29)15(30)19(33-11)27-8-21-13-17(23-9-4-2-1-3-5-9)24-16(25-18(13)27)12-10(20(31)32)6-22-26-12/h6,8-9,11,14-15,19,28-30H,1-5,7H2,(H,22,26)(H,31,32)(H,23,24,25)/t11-,14-,15-,19?/m1/s1. The minimum absolute atomic E-state index is 0.0862. The van der Waals surface area contributed by atoms with Gasteiger partial charge in [-0.2, -0.15) is 5.10 Å². The molecule has 1 aliphatic heterocycles. The monoisotopic (exact) mass is 459 g/mol. The van der Waals surface area contributed by atoms with Gasteiger partial charge < -0.3 is 30.5 Å². The Hall–Kier alpha value is -3.13. The van der Waals surface area contributed by atoms with Crippen molar-refractivity contribution in [3.8, 4) is 11.5 Å². The molecule has 13 nitrogen and oxygen atoms in total. The van der Waals surface area contributed by atoms with E-state index < -0.39 is 37.1 Å². The van der Waals surface area contributed by atoms with Gasteiger partial charge in [-0.15, -0.1) is 0 Å². The van der Waals surface area contributed by atoms with E-state index >= 15 is 0 Å². The molecule has 3 aromatic heterocycles. The molecule has 4 heterocycles. The molecule has 5 rings (SSSR count). The summed E-state index contributed by atoms with van der Waals surface area (Å²) in [5.74, 6) is -0.663. The average Bonchev–Trinajstić information content (AvgIpc) is 3.53. The van der Waals surface area contributed by atoms with Crippen molar-refractivity contribution < 1.29 is 30.0 Å². The molecule has 6 N–H and O–H groups in total. The van der Waals surface area contributed by atoms with Crippen LogP contribution in [0.2, 0.25) is 0 Å². The zero-order valence-corrected chi connectivity index (χ0v) is 17.6. The van der Waals surface area contributed by atoms with Gasteiger partial charge in [0.25, 0.3) is 0 Å². The fraction of sp³-hybridized carbons (Fsp3) is 0.550. The number of aromatic carboxylic acids is 1. The quantitative estimate of drug-likeness (QED) is 0.296. The fourth-order valence-electron chi connectivity index (χ4n) is 4.48. The summed E-state index contributed by atoms with van der Waals surface area (Å²) in [6, 6.07) is 0.185. The van der Waals surface area contributed by atoms with Crippen molar-refractivity contribution in [3.05, 3.63) is 18.1 Å². The van der Waals surface area contributed by atoms with E-state index in [-0.39, 0.29) is 28.8 Å². The van der Waals surface area contributed by atoms with E-state index in [2.05, 4.69) is 30.5 Å². The van der Waals surface area contributed by atoms with Gasteiger partial charge >= 0.3 is 5.97 Å². The van der Waals surface area contributed by atoms with Gasteiger partial charge in [0.15, 0.2) is 29.0 Å². The number of rotatable bonds is 6. The maximum Gasteiger partial charge on any atom is 0.339 e. The lowest BCUT2D eigenvalue weighted by Gasteiger charge is -2.23. The number of fused-ring (bicyclic) bond motifs is 1. The van der Waals surface area contributed by atoms with Crippen LogP contribution in [0.1, 0.15) is 48.7 Å². The van der Waals surface area contributed by atoms with Crippen LogP contribution in [0.25, 0.3) is 22.7 Å². The predicted octanol–water partition coefficient (Wildman–Crippen LogP) is 0.271. The first-order valence-corrected chi connectivity index (χ1v) is 10.9. The Morgan fingerprint density at radius 2 is 2.00 bits per heavy atom. The van der Waals surface area contributed by atoms with Gasteiger partial charge in [0.05, 0.1) is 19.1 Å². The summed E-state index contributed by atoms with van der Waals surface area (Å²) in [5.41, 5.74) is 0.736. The third-order valence-corrected chi connectivity index (χ3v) is 6.25. The van der Waals surface area contributed by atoms with Crippen LogP contribution in [-0.4, -0.2) is 87.1 Å². The third-order valence-electron chi connectivity index (χ3n) is 6.25. The first-order valence-electron chi connectivity index (χ1n) is 10.9. The highest BCUT2D eigenvalue weighted by molar-refractivity contribution is 5.94. The number of hydrogen-bond acceptors (Lipinski definition) is 10. The van der Waals surface area contributed by atoms with Gasteiger partial charge in [-0.05, 0) is 12.8 Å². The number of aliphatic hydroxyl groups excluding tert-OH is 3. The van der Waals surface area contributed by atoms with Crippen LogP contribution in [-0.2, 0) is 4.74 Å². The van der Waals surface area contributed by atoms with Crippen LogP contribution >= 0.6 is 0 Å². The van der Waals surface area contributed by atoms with Crippen LogP contribution in [0.4, 0.5) is 5.82 Å². The summed E-state index contributed by atoms with van der Waals surface area (Å²) in [7, 11) is 0. The molecular weight excluding hydrogens is 434 g/mol. The molecule has 13 heteroatoms. The molecule has 1 unspecified atom stereocenters. The highest BCUT2D eigenvalue weighted by atomic mass is 16.6. The van der Waals surface area contributed by atoms with Gasteiger partial charge in [-0.3, -0.25) is 9.67 Å². The van der Waals surface area contributed by atoms with Crippen LogP contribution in [0, 0.1) is 0 Å². The summed E-state index contributed by atoms with van der Waals surface area (Å²) in [5, 5.41) is 49.5. The molecule has 2 fully saturated rings. The molecule has 4 atom stereocenters. The predicted molar refractivity (Wildman–Crippen MR) is 113 cm³/mol. The van der Waals surface area contributed by atoms with E-state index in [0.29, 0.717) is 11.3 Å². The Bertz CT molecular complexity index is 1160. The van der Waals surface area contributed by atoms with E-state index in [1.165, 1.54) is 23.5 Å². The number of hydrogen-bond donors (Lipinski definition) is 6. The van der Waals surface area contributed by atoms with Gasteiger partial charge in [0.2, 0.25) is 0 Å². The van der Waals surface area contributed by atoms with Crippen molar-refractivity contribution in [2.24, 2.45) is 0 Å². The lowest BCUT2D eigenvalue weighted by Crippen LogP contribution is -2.33. The minimum Gasteiger partial charge on any atom is -0.478 e. The smallest absolute Gasteiger partial charge is 0.339 e. The summed E-state index contributed by atoms with van der Waals surface area (Å²) in [6.45, 7) is -0.466. The van der Waals surface area contributed by atoms with Gasteiger partial charge in [-0.1, -0.05) is 19.3 Å². The molecule has 0 spiro atoms. The largest absolute Gasteiger partial charge is 0.478 e. The third kappa shape index (κ3) is 3.82. The van der Waals surface area contributed by atoms with E-state index in [1.807, 2.05) is 0 Å². The van der Waals surface area contributed by atoms with Gasteiger partial charge in [0, 0.05) is 6.04 Å². The maximum atomic E-state index is 11.6. The molecular formula is C20H25N7O6. The zero-order valence-electron chi connectivity index (χ0n) is 17.6. The Balaban J connectivity index is 1.62. The normalized spacial score (nSPS) is 26.2. The Morgan fingerprint density at radius 3 is 2.70 bits per heavy atom. The number of aromatic amines is 1. The van der Waals surface area contributed by atoms with E-state index in [9.17, 15) is 25.2 Å². The molecule has 0 aromatic carbocycles. The van der Waals surface area contributed by atoms with Crippen LogP contribution in [0.15, 0.2) is 12.5 Å². The molecule has 1 saturated carbocycles. The second-order valence-corrected chi connectivity index (χ2v) is 8.39. The van der Waals surface area contributed by atoms with Gasteiger partial charge in [-0.25, -0.2) is 19.7 Å². The topological polar surface area (TPSA) is 192 Å². The summed E-state index contributed by atoms with van der Waals surface area (Å²) in [4.78, 5) is 25.1. The number of aromatic nitrogens is 6. The molecule has 3 aromatic rings. The molecule has 2 aliphatic rings. The van der Waals surface area contributed by atoms with Crippen LogP contribution in [0.3, 0.4) is 0 Å². The lowest BCUT2D eigenvalue weighted by molar-refractivity contribution is -0.0511. The van der Waals surface area contributed by atoms with Crippen molar-refractivity contribution in [2.75, 3.05) is 11.9 Å². The molecule has 0 amide bonds. The van der Waals surface area contributed by atoms with E-state index in [0.717, 1.165) is 25.7 Å². The number of imidazole rings is 1. The molecule has 0 radical (unpaired) electrons. The zero-order chi connectivity index (χ0) is 23.1. The minimum atomic E-state index is -1.32. The summed E-state index contributed by atoms with van der Waals surface area (Å²) >= 11 is 0. The van der Waals surface area contributed by atoms with Crippen molar-refractivity contribution >= 4 is 23.0 Å². The number of aliphatic hydroxyl groups is 3. The number of carboxylic acids is 1. The molecule has 1 saturated heterocycles. The number of H-pyrrole nitrogens is 1. The summed E-state index contributed by atoms with van der Waals surface area (Å²) in [6.07, 6.45) is 3.30. The van der Waals surface area contributed by atoms with E-state index in [4.69, 9.17) is 4.74 Å². The number of carbonyl (C=O) groups is 1. The molecule has 176 valence electrons. The second-order valence-electron chi connectivity index (χ2n) is 8.39. The Morgan fingerprint density at radius 1 is 1.21 bits per heavy atom. The first kappa shape index (κ1) is 21.7. The summed E-state index contributed by atoms with van der Waals surface area (Å²) < 4.78 is 7.10. The fourth-order valence-corrected chi connectivity index (χ4v) is 4.48.